The van der Waals surface area contributed by atoms with Gasteiger partial charge < -0.3 is 5.32 Å². The number of imidazole rings is 1. The predicted molar refractivity (Wildman–Crippen MR) is 84.6 cm³/mol. The van der Waals surface area contributed by atoms with Crippen LogP contribution in [0.2, 0.25) is 0 Å². The van der Waals surface area contributed by atoms with E-state index in [0.717, 1.165) is 5.56 Å². The first-order valence-electron chi connectivity index (χ1n) is 6.24. The van der Waals surface area contributed by atoms with Crippen molar-refractivity contribution in [2.75, 3.05) is 17.1 Å². The van der Waals surface area contributed by atoms with Crippen LogP contribution in [0.1, 0.15) is 5.56 Å². The molecule has 0 saturated carbocycles. The zero-order chi connectivity index (χ0) is 15.0. The fourth-order valence-electron chi connectivity index (χ4n) is 2.01. The van der Waals surface area contributed by atoms with Crippen LogP contribution in [0, 0.1) is 6.92 Å². The van der Waals surface area contributed by atoms with Gasteiger partial charge in [-0.15, -0.1) is 11.3 Å². The highest BCUT2D eigenvalue weighted by Gasteiger charge is 2.25. The van der Waals surface area contributed by atoms with Crippen LogP contribution in [0.25, 0.3) is 4.96 Å². The number of fused-ring (bicyclic) bond motifs is 1. The second-order valence-electron chi connectivity index (χ2n) is 4.54. The summed E-state index contributed by atoms with van der Waals surface area (Å²) in [5.41, 5.74) is 1.59. The summed E-state index contributed by atoms with van der Waals surface area (Å²) in [4.78, 5) is 4.89. The number of hydrogen-bond donors (Lipinski definition) is 2. The number of thiazole rings is 1. The second kappa shape index (κ2) is 5.05. The molecule has 2 heterocycles. The van der Waals surface area contributed by atoms with Crippen LogP contribution in [0.5, 0.6) is 0 Å². The number of nitrogens with one attached hydrogen (secondary N) is 2. The van der Waals surface area contributed by atoms with Gasteiger partial charge in [-0.2, -0.15) is 8.42 Å². The van der Waals surface area contributed by atoms with Crippen molar-refractivity contribution in [3.63, 3.8) is 0 Å². The van der Waals surface area contributed by atoms with Gasteiger partial charge in [0.25, 0.3) is 10.0 Å². The van der Waals surface area contributed by atoms with E-state index in [-0.39, 0.29) is 5.03 Å². The number of aryl methyl sites for hydroxylation is 1. The molecule has 0 aliphatic carbocycles. The van der Waals surface area contributed by atoms with Gasteiger partial charge in [0.15, 0.2) is 10.8 Å². The number of aromatic nitrogens is 2. The van der Waals surface area contributed by atoms with Gasteiger partial charge in [0.05, 0.1) is 0 Å². The van der Waals surface area contributed by atoms with E-state index < -0.39 is 10.0 Å². The van der Waals surface area contributed by atoms with Gasteiger partial charge >= 0.3 is 0 Å². The molecule has 2 N–H and O–H groups in total. The highest BCUT2D eigenvalue weighted by Crippen LogP contribution is 2.27. The van der Waals surface area contributed by atoms with Crippen molar-refractivity contribution < 1.29 is 8.42 Å². The number of anilines is 2. The minimum atomic E-state index is -3.73. The molecule has 3 rings (SSSR count). The molecule has 0 aliphatic heterocycles. The van der Waals surface area contributed by atoms with Gasteiger partial charge in [-0.1, -0.05) is 17.7 Å². The third kappa shape index (κ3) is 2.47. The van der Waals surface area contributed by atoms with Crippen LogP contribution in [-0.4, -0.2) is 24.9 Å². The van der Waals surface area contributed by atoms with Crippen molar-refractivity contribution >= 4 is 37.8 Å². The van der Waals surface area contributed by atoms with Crippen molar-refractivity contribution in [2.24, 2.45) is 0 Å². The normalized spacial score (nSPS) is 11.7. The third-order valence-electron chi connectivity index (χ3n) is 3.01. The van der Waals surface area contributed by atoms with Crippen LogP contribution < -0.4 is 10.0 Å². The molecule has 0 spiro atoms. The van der Waals surface area contributed by atoms with E-state index >= 15 is 0 Å². The molecule has 3 aromatic rings. The Morgan fingerprint density at radius 1 is 1.24 bits per heavy atom. The van der Waals surface area contributed by atoms with Gasteiger partial charge in [0.1, 0.15) is 0 Å². The summed E-state index contributed by atoms with van der Waals surface area (Å²) in [6, 6.07) is 7.18. The molecule has 0 bridgehead atoms. The highest BCUT2D eigenvalue weighted by molar-refractivity contribution is 7.92. The molecule has 0 radical (unpaired) electrons. The maximum Gasteiger partial charge on any atom is 0.281 e. The van der Waals surface area contributed by atoms with Crippen molar-refractivity contribution in [3.8, 4) is 0 Å². The smallest absolute Gasteiger partial charge is 0.281 e. The molecule has 8 heteroatoms. The Labute approximate surface area is 126 Å². The van der Waals surface area contributed by atoms with Gasteiger partial charge in [0, 0.05) is 24.3 Å². The minimum absolute atomic E-state index is 0.113. The lowest BCUT2D eigenvalue weighted by Gasteiger charge is -2.09. The first-order chi connectivity index (χ1) is 10.0. The molecule has 0 unspecified atom stereocenters. The molecule has 0 atom stereocenters. The molecule has 0 aliphatic rings. The van der Waals surface area contributed by atoms with Crippen LogP contribution >= 0.6 is 11.3 Å². The number of rotatable bonds is 4. The average Bonchev–Trinajstić information content (AvgIpc) is 3.00. The van der Waals surface area contributed by atoms with Crippen LogP contribution in [0.4, 0.5) is 11.5 Å². The Balaban J connectivity index is 2.07. The second-order valence-corrected chi connectivity index (χ2v) is 7.01. The quantitative estimate of drug-likeness (QED) is 0.774. The highest BCUT2D eigenvalue weighted by atomic mass is 32.2. The largest absolute Gasteiger partial charge is 0.371 e. The van der Waals surface area contributed by atoms with E-state index in [4.69, 9.17) is 0 Å². The molecular formula is C13H14N4O2S2. The molecule has 21 heavy (non-hydrogen) atoms. The lowest BCUT2D eigenvalue weighted by atomic mass is 10.2. The van der Waals surface area contributed by atoms with E-state index in [1.54, 1.807) is 35.2 Å². The SMILES string of the molecule is CNc1nc2sccn2c1S(=O)(=O)Nc1ccc(C)cc1. The average molecular weight is 322 g/mol. The number of hydrogen-bond acceptors (Lipinski definition) is 5. The lowest BCUT2D eigenvalue weighted by Crippen LogP contribution is -2.16. The van der Waals surface area contributed by atoms with Crippen LogP contribution in [0.3, 0.4) is 0 Å². The molecule has 6 nitrogen and oxygen atoms in total. The maximum absolute atomic E-state index is 12.6. The summed E-state index contributed by atoms with van der Waals surface area (Å²) in [6.07, 6.45) is 1.69. The molecule has 0 saturated heterocycles. The summed E-state index contributed by atoms with van der Waals surface area (Å²) in [5.74, 6) is 0.335. The standard InChI is InChI=1S/C13H14N4O2S2/c1-9-3-5-10(6-4-9)16-21(18,19)12-11(14-2)15-13-17(12)7-8-20-13/h3-8,14,16H,1-2H3. The number of sulfonamides is 1. The van der Waals surface area contributed by atoms with E-state index in [9.17, 15) is 8.42 Å². The zero-order valence-corrected chi connectivity index (χ0v) is 13.1. The van der Waals surface area contributed by atoms with Gasteiger partial charge in [-0.3, -0.25) is 9.12 Å². The monoisotopic (exact) mass is 322 g/mol. The Kier molecular flexibility index (Phi) is 3.34. The maximum atomic E-state index is 12.6. The van der Waals surface area contributed by atoms with Crippen molar-refractivity contribution in [1.29, 1.82) is 0 Å². The van der Waals surface area contributed by atoms with E-state index in [0.29, 0.717) is 16.5 Å². The number of benzene rings is 1. The third-order valence-corrected chi connectivity index (χ3v) is 5.17. The first-order valence-corrected chi connectivity index (χ1v) is 8.60. The fourth-order valence-corrected chi connectivity index (χ4v) is 4.13. The fraction of sp³-hybridized carbons (Fsp3) is 0.154. The lowest BCUT2D eigenvalue weighted by molar-refractivity contribution is 0.597. The van der Waals surface area contributed by atoms with E-state index in [2.05, 4.69) is 15.0 Å². The van der Waals surface area contributed by atoms with Crippen molar-refractivity contribution in [3.05, 3.63) is 41.4 Å². The topological polar surface area (TPSA) is 75.5 Å². The molecule has 1 aromatic carbocycles. The molecule has 110 valence electrons. The summed E-state index contributed by atoms with van der Waals surface area (Å²) in [6.45, 7) is 1.95. The van der Waals surface area contributed by atoms with Crippen LogP contribution in [0.15, 0.2) is 40.9 Å². The summed E-state index contributed by atoms with van der Waals surface area (Å²) in [5, 5.41) is 4.74. The Hall–Kier alpha value is -2.06. The number of nitrogens with zero attached hydrogens (tertiary/aromatic N) is 2. The van der Waals surface area contributed by atoms with E-state index in [1.165, 1.54) is 11.3 Å². The van der Waals surface area contributed by atoms with Crippen LogP contribution in [-0.2, 0) is 10.0 Å². The minimum Gasteiger partial charge on any atom is -0.371 e. The Bertz CT molecular complexity index is 879. The Morgan fingerprint density at radius 3 is 2.62 bits per heavy atom. The van der Waals surface area contributed by atoms with E-state index in [1.807, 2.05) is 19.1 Å². The predicted octanol–water partition coefficient (Wildman–Crippen LogP) is 2.55. The first kappa shape index (κ1) is 13.9. The summed E-state index contributed by atoms with van der Waals surface area (Å²) < 4.78 is 29.4. The molecule has 2 aromatic heterocycles. The molecule has 0 amide bonds. The summed E-state index contributed by atoms with van der Waals surface area (Å²) >= 11 is 1.38. The van der Waals surface area contributed by atoms with Crippen molar-refractivity contribution in [1.82, 2.24) is 9.38 Å². The molecule has 0 fully saturated rings. The Morgan fingerprint density at radius 2 is 1.95 bits per heavy atom. The van der Waals surface area contributed by atoms with Gasteiger partial charge in [-0.25, -0.2) is 4.98 Å². The molecular weight excluding hydrogens is 308 g/mol. The van der Waals surface area contributed by atoms with Gasteiger partial charge in [-0.05, 0) is 19.1 Å². The van der Waals surface area contributed by atoms with Gasteiger partial charge in [0.2, 0.25) is 5.03 Å². The summed E-state index contributed by atoms with van der Waals surface area (Å²) in [7, 11) is -2.08. The van der Waals surface area contributed by atoms with Crippen molar-refractivity contribution in [2.45, 2.75) is 11.9 Å². The zero-order valence-electron chi connectivity index (χ0n) is 11.5.